The van der Waals surface area contributed by atoms with Gasteiger partial charge in [-0.3, -0.25) is 4.79 Å². The Morgan fingerprint density at radius 1 is 1.35 bits per heavy atom. The third-order valence-corrected chi connectivity index (χ3v) is 2.64. The summed E-state index contributed by atoms with van der Waals surface area (Å²) < 4.78 is 32.4. The Kier molecular flexibility index (Phi) is 5.57. The van der Waals surface area contributed by atoms with Gasteiger partial charge in [0.15, 0.2) is 0 Å². The van der Waals surface area contributed by atoms with Gasteiger partial charge in [0, 0.05) is 25.7 Å². The smallest absolute Gasteiger partial charge is 0.349 e. The number of aliphatic carboxylic acids is 1. The van der Waals surface area contributed by atoms with Crippen LogP contribution >= 0.6 is 0 Å². The summed E-state index contributed by atoms with van der Waals surface area (Å²) >= 11 is 0. The van der Waals surface area contributed by atoms with Crippen molar-refractivity contribution < 1.29 is 28.2 Å². The van der Waals surface area contributed by atoms with Gasteiger partial charge in [-0.05, 0) is 0 Å². The number of carbonyl (C=O) groups excluding carboxylic acids is 1. The van der Waals surface area contributed by atoms with E-state index in [-0.39, 0.29) is 13.0 Å². The highest BCUT2D eigenvalue weighted by Gasteiger charge is 2.42. The Morgan fingerprint density at radius 2 is 1.95 bits per heavy atom. The molecule has 5 nitrogen and oxygen atoms in total. The molecule has 0 aliphatic carbocycles. The lowest BCUT2D eigenvalue weighted by Gasteiger charge is -2.20. The zero-order valence-electron chi connectivity index (χ0n) is 10.8. The second-order valence-electron chi connectivity index (χ2n) is 4.09. The Balaban J connectivity index is 2.80. The van der Waals surface area contributed by atoms with Crippen LogP contribution in [-0.4, -0.2) is 36.7 Å². The molecule has 1 atom stereocenters. The molecule has 1 amide bonds. The van der Waals surface area contributed by atoms with Gasteiger partial charge in [0.1, 0.15) is 6.04 Å². The molecule has 1 unspecified atom stereocenters. The molecule has 0 bridgehead atoms. The Morgan fingerprint density at radius 3 is 2.45 bits per heavy atom. The first-order valence-corrected chi connectivity index (χ1v) is 5.85. The van der Waals surface area contributed by atoms with Gasteiger partial charge in [0.05, 0.1) is 0 Å². The molecule has 110 valence electrons. The van der Waals surface area contributed by atoms with E-state index in [2.05, 4.69) is 4.74 Å². The molecule has 0 saturated carbocycles. The maximum atomic E-state index is 13.9. The molecular formula is C13H15F2NO4. The van der Waals surface area contributed by atoms with Crippen molar-refractivity contribution in [2.45, 2.75) is 18.4 Å². The Labute approximate surface area is 114 Å². The summed E-state index contributed by atoms with van der Waals surface area (Å²) in [5, 5.41) is 10.7. The van der Waals surface area contributed by atoms with Crippen LogP contribution in [0.4, 0.5) is 8.78 Å². The van der Waals surface area contributed by atoms with Gasteiger partial charge in [-0.1, -0.05) is 30.3 Å². The number of carboxylic acid groups (broad SMARTS) is 1. The van der Waals surface area contributed by atoms with Gasteiger partial charge in [-0.25, -0.2) is 4.79 Å². The third-order valence-electron chi connectivity index (χ3n) is 2.64. The number of amides is 1. The van der Waals surface area contributed by atoms with Crippen LogP contribution in [0.2, 0.25) is 0 Å². The molecule has 0 heterocycles. The van der Waals surface area contributed by atoms with Gasteiger partial charge < -0.3 is 15.2 Å². The largest absolute Gasteiger partial charge is 0.480 e. The summed E-state index contributed by atoms with van der Waals surface area (Å²) in [6.07, 6.45) is -0.0948. The highest BCUT2D eigenvalue weighted by atomic mass is 19.3. The van der Waals surface area contributed by atoms with E-state index >= 15 is 0 Å². The van der Waals surface area contributed by atoms with Crippen molar-refractivity contribution in [1.29, 1.82) is 0 Å². The molecule has 0 aromatic heterocycles. The molecule has 7 heteroatoms. The maximum absolute atomic E-state index is 13.9. The molecule has 0 aliphatic rings. The molecular weight excluding hydrogens is 272 g/mol. The van der Waals surface area contributed by atoms with Crippen molar-refractivity contribution in [3.8, 4) is 0 Å². The number of benzene rings is 1. The fraction of sp³-hybridized carbons (Fsp3) is 0.385. The minimum atomic E-state index is -3.79. The zero-order chi connectivity index (χ0) is 15.2. The molecule has 0 radical (unpaired) electrons. The number of ether oxygens (including phenoxy) is 1. The SMILES string of the molecule is COCCC(NC(=O)C(F)(F)c1ccccc1)C(=O)O. The minimum absolute atomic E-state index is 0.0359. The third kappa shape index (κ3) is 3.99. The number of alkyl halides is 2. The van der Waals surface area contributed by atoms with E-state index in [0.717, 1.165) is 12.1 Å². The summed E-state index contributed by atoms with van der Waals surface area (Å²) in [7, 11) is 1.35. The van der Waals surface area contributed by atoms with Crippen LogP contribution in [0.3, 0.4) is 0 Å². The molecule has 0 aliphatic heterocycles. The lowest BCUT2D eigenvalue weighted by atomic mass is 10.1. The number of hydrogen-bond acceptors (Lipinski definition) is 3. The average molecular weight is 287 g/mol. The summed E-state index contributed by atoms with van der Waals surface area (Å²) in [6.45, 7) is 0.0359. The molecule has 1 aromatic rings. The van der Waals surface area contributed by atoms with E-state index in [9.17, 15) is 18.4 Å². The Hall–Kier alpha value is -2.02. The van der Waals surface area contributed by atoms with E-state index in [1.807, 2.05) is 5.32 Å². The lowest BCUT2D eigenvalue weighted by Crippen LogP contribution is -2.47. The topological polar surface area (TPSA) is 75.6 Å². The molecule has 0 spiro atoms. The van der Waals surface area contributed by atoms with Crippen molar-refractivity contribution in [3.63, 3.8) is 0 Å². The van der Waals surface area contributed by atoms with Gasteiger partial charge in [-0.2, -0.15) is 8.78 Å². The second kappa shape index (κ2) is 6.95. The van der Waals surface area contributed by atoms with E-state index in [4.69, 9.17) is 5.11 Å². The van der Waals surface area contributed by atoms with Crippen LogP contribution in [-0.2, 0) is 20.2 Å². The maximum Gasteiger partial charge on any atom is 0.349 e. The van der Waals surface area contributed by atoms with Crippen LogP contribution in [0.15, 0.2) is 30.3 Å². The summed E-state index contributed by atoms with van der Waals surface area (Å²) in [5.41, 5.74) is -0.492. The molecule has 1 rings (SSSR count). The molecule has 1 aromatic carbocycles. The second-order valence-corrected chi connectivity index (χ2v) is 4.09. The summed E-state index contributed by atoms with van der Waals surface area (Å²) in [6, 6.07) is 5.06. The monoisotopic (exact) mass is 287 g/mol. The van der Waals surface area contributed by atoms with E-state index in [0.29, 0.717) is 0 Å². The predicted molar refractivity (Wildman–Crippen MR) is 66.4 cm³/mol. The highest BCUT2D eigenvalue weighted by molar-refractivity contribution is 5.88. The van der Waals surface area contributed by atoms with Gasteiger partial charge in [-0.15, -0.1) is 0 Å². The van der Waals surface area contributed by atoms with Crippen LogP contribution in [0, 0.1) is 0 Å². The average Bonchev–Trinajstić information content (AvgIpc) is 2.43. The summed E-state index contributed by atoms with van der Waals surface area (Å²) in [4.78, 5) is 22.5. The summed E-state index contributed by atoms with van der Waals surface area (Å²) in [5.74, 6) is -6.83. The molecule has 0 fully saturated rings. The van der Waals surface area contributed by atoms with E-state index < -0.39 is 29.4 Å². The number of hydrogen-bond donors (Lipinski definition) is 2. The number of carbonyl (C=O) groups is 2. The highest BCUT2D eigenvalue weighted by Crippen LogP contribution is 2.28. The van der Waals surface area contributed by atoms with E-state index in [1.165, 1.54) is 25.3 Å². The van der Waals surface area contributed by atoms with Gasteiger partial charge in [0.2, 0.25) is 0 Å². The van der Waals surface area contributed by atoms with E-state index in [1.54, 1.807) is 0 Å². The number of rotatable bonds is 7. The fourth-order valence-electron chi connectivity index (χ4n) is 1.52. The lowest BCUT2D eigenvalue weighted by molar-refractivity contribution is -0.152. The quantitative estimate of drug-likeness (QED) is 0.794. The Bertz CT molecular complexity index is 465. The number of carboxylic acids is 1. The van der Waals surface area contributed by atoms with Crippen LogP contribution < -0.4 is 5.32 Å². The number of nitrogens with one attached hydrogen (secondary N) is 1. The fourth-order valence-corrected chi connectivity index (χ4v) is 1.52. The van der Waals surface area contributed by atoms with Crippen LogP contribution in [0.1, 0.15) is 12.0 Å². The molecule has 20 heavy (non-hydrogen) atoms. The van der Waals surface area contributed by atoms with Crippen LogP contribution in [0.5, 0.6) is 0 Å². The first kappa shape index (κ1) is 16.0. The van der Waals surface area contributed by atoms with Gasteiger partial charge >= 0.3 is 11.9 Å². The van der Waals surface area contributed by atoms with Crippen molar-refractivity contribution in [1.82, 2.24) is 5.32 Å². The first-order valence-electron chi connectivity index (χ1n) is 5.85. The van der Waals surface area contributed by atoms with Crippen molar-refractivity contribution in [2.24, 2.45) is 0 Å². The normalized spacial score (nSPS) is 12.8. The predicted octanol–water partition coefficient (Wildman–Crippen LogP) is 1.38. The molecule has 2 N–H and O–H groups in total. The van der Waals surface area contributed by atoms with Gasteiger partial charge in [0.25, 0.3) is 5.91 Å². The van der Waals surface area contributed by atoms with Crippen molar-refractivity contribution in [3.05, 3.63) is 35.9 Å². The van der Waals surface area contributed by atoms with Crippen molar-refractivity contribution in [2.75, 3.05) is 13.7 Å². The standard InChI is InChI=1S/C13H15F2NO4/c1-20-8-7-10(11(17)18)16-12(19)13(14,15)9-5-3-2-4-6-9/h2-6,10H,7-8H2,1H3,(H,16,19)(H,17,18). The molecule has 0 saturated heterocycles. The number of methoxy groups -OCH3 is 1. The van der Waals surface area contributed by atoms with Crippen LogP contribution in [0.25, 0.3) is 0 Å². The zero-order valence-corrected chi connectivity index (χ0v) is 10.8. The first-order chi connectivity index (χ1) is 9.39. The number of halogens is 2. The van der Waals surface area contributed by atoms with Crippen molar-refractivity contribution >= 4 is 11.9 Å². The minimum Gasteiger partial charge on any atom is -0.480 e.